The summed E-state index contributed by atoms with van der Waals surface area (Å²) < 4.78 is 0. The van der Waals surface area contributed by atoms with Crippen LogP contribution in [0, 0.1) is 20.8 Å². The van der Waals surface area contributed by atoms with Gasteiger partial charge in [-0.1, -0.05) is 35.4 Å². The number of hydrogen-bond donors (Lipinski definition) is 1. The number of aryl methyl sites for hydroxylation is 3. The van der Waals surface area contributed by atoms with Crippen LogP contribution in [0.25, 0.3) is 11.1 Å². The lowest BCUT2D eigenvalue weighted by atomic mass is 9.93. The molecule has 0 aromatic heterocycles. The molecule has 0 radical (unpaired) electrons. The van der Waals surface area contributed by atoms with Gasteiger partial charge in [-0.25, -0.2) is 0 Å². The van der Waals surface area contributed by atoms with E-state index in [4.69, 9.17) is 11.6 Å². The molecule has 0 bridgehead atoms. The summed E-state index contributed by atoms with van der Waals surface area (Å²) in [6, 6.07) is 11.8. The van der Waals surface area contributed by atoms with Crippen molar-refractivity contribution in [1.82, 2.24) is 5.32 Å². The second-order valence-electron chi connectivity index (χ2n) is 6.23. The molecule has 21 heavy (non-hydrogen) atoms. The molecule has 1 fully saturated rings. The van der Waals surface area contributed by atoms with Crippen molar-refractivity contribution in [3.63, 3.8) is 0 Å². The molecule has 1 N–H and O–H groups in total. The van der Waals surface area contributed by atoms with E-state index in [-0.39, 0.29) is 0 Å². The Labute approximate surface area is 132 Å². The van der Waals surface area contributed by atoms with Crippen molar-refractivity contribution in [3.05, 3.63) is 57.6 Å². The average molecular weight is 300 g/mol. The van der Waals surface area contributed by atoms with Crippen LogP contribution in [0.4, 0.5) is 0 Å². The van der Waals surface area contributed by atoms with E-state index in [0.717, 1.165) is 23.2 Å². The molecular formula is C19H22ClN. The van der Waals surface area contributed by atoms with Crippen LogP contribution in [0.1, 0.15) is 35.1 Å². The normalized spacial score (nSPS) is 14.5. The minimum Gasteiger partial charge on any atom is -0.310 e. The topological polar surface area (TPSA) is 12.0 Å². The lowest BCUT2D eigenvalue weighted by molar-refractivity contribution is 0.688. The number of halogens is 1. The van der Waals surface area contributed by atoms with E-state index < -0.39 is 0 Å². The molecule has 1 saturated carbocycles. The van der Waals surface area contributed by atoms with Crippen molar-refractivity contribution in [1.29, 1.82) is 0 Å². The van der Waals surface area contributed by atoms with Crippen LogP contribution in [0.15, 0.2) is 30.3 Å². The fraction of sp³-hybridized carbons (Fsp3) is 0.368. The zero-order valence-corrected chi connectivity index (χ0v) is 13.7. The number of benzene rings is 2. The summed E-state index contributed by atoms with van der Waals surface area (Å²) in [5, 5.41) is 4.47. The van der Waals surface area contributed by atoms with Gasteiger partial charge in [0.2, 0.25) is 0 Å². The maximum atomic E-state index is 6.24. The van der Waals surface area contributed by atoms with Crippen LogP contribution in [0.3, 0.4) is 0 Å². The van der Waals surface area contributed by atoms with Crippen molar-refractivity contribution in [2.75, 3.05) is 0 Å². The van der Waals surface area contributed by atoms with Crippen LogP contribution in [-0.2, 0) is 6.54 Å². The van der Waals surface area contributed by atoms with Gasteiger partial charge in [-0.15, -0.1) is 0 Å². The monoisotopic (exact) mass is 299 g/mol. The second-order valence-corrected chi connectivity index (χ2v) is 6.64. The largest absolute Gasteiger partial charge is 0.310 e. The maximum absolute atomic E-state index is 6.24. The molecule has 0 atom stereocenters. The fourth-order valence-electron chi connectivity index (χ4n) is 2.71. The van der Waals surface area contributed by atoms with Gasteiger partial charge in [0.05, 0.1) is 0 Å². The van der Waals surface area contributed by atoms with Crippen molar-refractivity contribution in [2.24, 2.45) is 0 Å². The van der Waals surface area contributed by atoms with Crippen LogP contribution >= 0.6 is 11.6 Å². The van der Waals surface area contributed by atoms with Crippen molar-refractivity contribution in [3.8, 4) is 11.1 Å². The Kier molecular flexibility index (Phi) is 4.05. The van der Waals surface area contributed by atoms with Crippen LogP contribution in [-0.4, -0.2) is 6.04 Å². The first-order chi connectivity index (χ1) is 10.0. The van der Waals surface area contributed by atoms with E-state index in [1.807, 2.05) is 0 Å². The molecule has 110 valence electrons. The lowest BCUT2D eigenvalue weighted by Crippen LogP contribution is -2.16. The third kappa shape index (κ3) is 3.30. The summed E-state index contributed by atoms with van der Waals surface area (Å²) >= 11 is 6.24. The summed E-state index contributed by atoms with van der Waals surface area (Å²) in [4.78, 5) is 0. The van der Waals surface area contributed by atoms with Crippen LogP contribution < -0.4 is 5.32 Å². The third-order valence-electron chi connectivity index (χ3n) is 4.22. The molecule has 0 amide bonds. The molecule has 1 aliphatic carbocycles. The van der Waals surface area contributed by atoms with Crippen LogP contribution in [0.2, 0.25) is 5.02 Å². The Bertz CT molecular complexity index is 672. The molecule has 3 rings (SSSR count). The zero-order valence-electron chi connectivity index (χ0n) is 13.0. The minimum atomic E-state index is 0.729. The average Bonchev–Trinajstić information content (AvgIpc) is 3.25. The first-order valence-electron chi connectivity index (χ1n) is 7.64. The van der Waals surface area contributed by atoms with E-state index in [9.17, 15) is 0 Å². The molecule has 0 unspecified atom stereocenters. The van der Waals surface area contributed by atoms with E-state index in [2.05, 4.69) is 56.4 Å². The van der Waals surface area contributed by atoms with Gasteiger partial charge in [0, 0.05) is 17.6 Å². The van der Waals surface area contributed by atoms with Crippen LogP contribution in [0.5, 0.6) is 0 Å². The third-order valence-corrected chi connectivity index (χ3v) is 4.63. The van der Waals surface area contributed by atoms with Crippen molar-refractivity contribution < 1.29 is 0 Å². The van der Waals surface area contributed by atoms with Gasteiger partial charge in [0.15, 0.2) is 0 Å². The van der Waals surface area contributed by atoms with E-state index >= 15 is 0 Å². The van der Waals surface area contributed by atoms with Gasteiger partial charge < -0.3 is 5.32 Å². The fourth-order valence-corrected chi connectivity index (χ4v) is 2.93. The molecule has 1 nitrogen and oxygen atoms in total. The summed E-state index contributed by atoms with van der Waals surface area (Å²) in [5.41, 5.74) is 7.68. The summed E-state index contributed by atoms with van der Waals surface area (Å²) in [5.74, 6) is 0. The van der Waals surface area contributed by atoms with Crippen molar-refractivity contribution in [2.45, 2.75) is 46.2 Å². The quantitative estimate of drug-likeness (QED) is 0.820. The molecule has 2 heteroatoms. The Morgan fingerprint density at radius 2 is 1.76 bits per heavy atom. The molecule has 0 saturated heterocycles. The molecule has 0 spiro atoms. The highest BCUT2D eigenvalue weighted by molar-refractivity contribution is 6.31. The predicted molar refractivity (Wildman–Crippen MR) is 91.0 cm³/mol. The smallest absolute Gasteiger partial charge is 0.0438 e. The summed E-state index contributed by atoms with van der Waals surface area (Å²) in [6.45, 7) is 7.31. The summed E-state index contributed by atoms with van der Waals surface area (Å²) in [7, 11) is 0. The Balaban J connectivity index is 2.02. The second kappa shape index (κ2) is 5.82. The van der Waals surface area contributed by atoms with E-state index in [1.54, 1.807) is 0 Å². The lowest BCUT2D eigenvalue weighted by Gasteiger charge is -2.15. The molecular weight excluding hydrogens is 278 g/mol. The van der Waals surface area contributed by atoms with Gasteiger partial charge in [-0.05, 0) is 73.6 Å². The van der Waals surface area contributed by atoms with E-state index in [0.29, 0.717) is 0 Å². The van der Waals surface area contributed by atoms with Gasteiger partial charge in [0.25, 0.3) is 0 Å². The number of nitrogens with one attached hydrogen (secondary N) is 1. The molecule has 0 heterocycles. The number of rotatable bonds is 4. The first kappa shape index (κ1) is 14.6. The number of hydrogen-bond acceptors (Lipinski definition) is 1. The SMILES string of the molecule is Cc1ccc(CNC2CC2)c(-c2cc(C)c(Cl)cc2C)c1. The zero-order chi connectivity index (χ0) is 15.0. The first-order valence-corrected chi connectivity index (χ1v) is 8.02. The highest BCUT2D eigenvalue weighted by atomic mass is 35.5. The van der Waals surface area contributed by atoms with E-state index in [1.165, 1.54) is 40.7 Å². The highest BCUT2D eigenvalue weighted by Gasteiger charge is 2.20. The van der Waals surface area contributed by atoms with Crippen molar-refractivity contribution >= 4 is 11.6 Å². The highest BCUT2D eigenvalue weighted by Crippen LogP contribution is 2.32. The molecule has 2 aromatic rings. The van der Waals surface area contributed by atoms with Gasteiger partial charge in [-0.2, -0.15) is 0 Å². The Morgan fingerprint density at radius 3 is 2.48 bits per heavy atom. The van der Waals surface area contributed by atoms with Gasteiger partial charge in [-0.3, -0.25) is 0 Å². The minimum absolute atomic E-state index is 0.729. The van der Waals surface area contributed by atoms with Gasteiger partial charge >= 0.3 is 0 Å². The standard InChI is InChI=1S/C19H22ClN/c1-12-4-5-15(11-21-16-6-7-16)18(8-12)17-9-14(3)19(20)10-13(17)2/h4-5,8-10,16,21H,6-7,11H2,1-3H3. The molecule has 2 aromatic carbocycles. The van der Waals surface area contributed by atoms with Gasteiger partial charge in [0.1, 0.15) is 0 Å². The molecule has 1 aliphatic rings. The predicted octanol–water partition coefficient (Wildman–Crippen LogP) is 5.18. The Hall–Kier alpha value is -1.31. The Morgan fingerprint density at radius 1 is 1.00 bits per heavy atom. The maximum Gasteiger partial charge on any atom is 0.0438 e. The molecule has 0 aliphatic heterocycles. The summed E-state index contributed by atoms with van der Waals surface area (Å²) in [6.07, 6.45) is 2.64.